The zero-order valence-electron chi connectivity index (χ0n) is 11.9. The van der Waals surface area contributed by atoms with Gasteiger partial charge in [0.1, 0.15) is 0 Å². The summed E-state index contributed by atoms with van der Waals surface area (Å²) >= 11 is 0. The van der Waals surface area contributed by atoms with Gasteiger partial charge in [-0.05, 0) is 32.1 Å². The molecule has 0 spiro atoms. The smallest absolute Gasteiger partial charge is 0.150 e. The van der Waals surface area contributed by atoms with E-state index in [1.807, 2.05) is 6.92 Å². The maximum atomic E-state index is 6.23. The molecule has 18 heavy (non-hydrogen) atoms. The number of rotatable bonds is 4. The molecule has 1 aliphatic rings. The van der Waals surface area contributed by atoms with Gasteiger partial charge in [0.2, 0.25) is 0 Å². The summed E-state index contributed by atoms with van der Waals surface area (Å²) in [4.78, 5) is 2.45. The summed E-state index contributed by atoms with van der Waals surface area (Å²) in [5, 5.41) is 4.58. The summed E-state index contributed by atoms with van der Waals surface area (Å²) in [6.45, 7) is 9.69. The van der Waals surface area contributed by atoms with E-state index in [0.717, 1.165) is 49.2 Å². The quantitative estimate of drug-likeness (QED) is 0.894. The number of hydrogen-bond donors (Lipinski definition) is 1. The third kappa shape index (κ3) is 2.47. The first-order valence-electron chi connectivity index (χ1n) is 7.25. The van der Waals surface area contributed by atoms with Crippen LogP contribution in [-0.2, 0) is 6.54 Å². The van der Waals surface area contributed by atoms with Gasteiger partial charge in [-0.2, -0.15) is 5.10 Å². The lowest BCUT2D eigenvalue weighted by molar-refractivity contribution is 0.398. The molecule has 0 radical (unpaired) electrons. The molecule has 102 valence electrons. The molecule has 1 aromatic heterocycles. The summed E-state index contributed by atoms with van der Waals surface area (Å²) in [5.74, 6) is 1.97. The van der Waals surface area contributed by atoms with E-state index >= 15 is 0 Å². The van der Waals surface area contributed by atoms with Gasteiger partial charge in [0.25, 0.3) is 0 Å². The number of hydrogen-bond acceptors (Lipinski definition) is 3. The average molecular weight is 250 g/mol. The van der Waals surface area contributed by atoms with E-state index in [1.54, 1.807) is 0 Å². The first-order valence-corrected chi connectivity index (χ1v) is 7.25. The van der Waals surface area contributed by atoms with Gasteiger partial charge in [0.15, 0.2) is 5.82 Å². The second kappa shape index (κ2) is 5.63. The molecular weight excluding hydrogens is 224 g/mol. The van der Waals surface area contributed by atoms with Crippen molar-refractivity contribution in [2.45, 2.75) is 53.0 Å². The molecule has 1 aliphatic heterocycles. The second-order valence-electron chi connectivity index (χ2n) is 5.41. The molecule has 0 saturated carbocycles. The topological polar surface area (TPSA) is 47.1 Å². The molecule has 4 heteroatoms. The molecule has 2 N–H and O–H groups in total. The number of nitrogens with two attached hydrogens (primary N) is 1. The fourth-order valence-electron chi connectivity index (χ4n) is 2.88. The van der Waals surface area contributed by atoms with Crippen molar-refractivity contribution in [3.8, 4) is 0 Å². The maximum absolute atomic E-state index is 6.23. The number of piperidine rings is 1. The Labute approximate surface area is 110 Å². The highest BCUT2D eigenvalue weighted by Crippen LogP contribution is 2.31. The van der Waals surface area contributed by atoms with Crippen molar-refractivity contribution >= 4 is 11.5 Å². The van der Waals surface area contributed by atoms with Crippen LogP contribution >= 0.6 is 0 Å². The molecule has 4 nitrogen and oxygen atoms in total. The van der Waals surface area contributed by atoms with Crippen LogP contribution in [0.4, 0.5) is 11.5 Å². The van der Waals surface area contributed by atoms with E-state index in [0.29, 0.717) is 0 Å². The van der Waals surface area contributed by atoms with Gasteiger partial charge in [-0.3, -0.25) is 0 Å². The van der Waals surface area contributed by atoms with Crippen LogP contribution in [0.1, 0.15) is 45.2 Å². The van der Waals surface area contributed by atoms with Crippen LogP contribution in [0.3, 0.4) is 0 Å². The van der Waals surface area contributed by atoms with E-state index in [2.05, 4.69) is 28.5 Å². The lowest BCUT2D eigenvalue weighted by atomic mass is 9.95. The molecule has 1 atom stereocenters. The molecule has 0 aliphatic carbocycles. The van der Waals surface area contributed by atoms with Crippen LogP contribution in [0, 0.1) is 12.8 Å². The average Bonchev–Trinajstić information content (AvgIpc) is 2.65. The first-order chi connectivity index (χ1) is 8.67. The molecule has 1 aromatic rings. The highest BCUT2D eigenvalue weighted by molar-refractivity contribution is 5.66. The summed E-state index contributed by atoms with van der Waals surface area (Å²) in [6, 6.07) is 0. The van der Waals surface area contributed by atoms with E-state index in [1.165, 1.54) is 19.3 Å². The number of nitrogen functional groups attached to an aromatic ring is 1. The van der Waals surface area contributed by atoms with Crippen molar-refractivity contribution in [2.24, 2.45) is 5.92 Å². The van der Waals surface area contributed by atoms with E-state index in [9.17, 15) is 0 Å². The number of aryl methyl sites for hydroxylation is 2. The standard InChI is InChI=1S/C14H26N4/c1-4-8-18-14(13(15)11(3)16-18)17-9-6-7-12(5-2)10-17/h12H,4-10,15H2,1-3H3. The van der Waals surface area contributed by atoms with Crippen molar-refractivity contribution in [3.05, 3.63) is 5.69 Å². The molecule has 0 aromatic carbocycles. The molecule has 2 heterocycles. The molecule has 1 saturated heterocycles. The lowest BCUT2D eigenvalue weighted by Gasteiger charge is -2.34. The third-order valence-electron chi connectivity index (χ3n) is 3.98. The van der Waals surface area contributed by atoms with E-state index in [4.69, 9.17) is 5.73 Å². The van der Waals surface area contributed by atoms with Crippen LogP contribution in [0.5, 0.6) is 0 Å². The van der Waals surface area contributed by atoms with Crippen molar-refractivity contribution < 1.29 is 0 Å². The summed E-state index contributed by atoms with van der Waals surface area (Å²) in [5.41, 5.74) is 8.07. The second-order valence-corrected chi connectivity index (χ2v) is 5.41. The third-order valence-corrected chi connectivity index (χ3v) is 3.98. The fourth-order valence-corrected chi connectivity index (χ4v) is 2.88. The van der Waals surface area contributed by atoms with Gasteiger partial charge in [0, 0.05) is 19.6 Å². The lowest BCUT2D eigenvalue weighted by Crippen LogP contribution is -2.37. The van der Waals surface area contributed by atoms with E-state index < -0.39 is 0 Å². The van der Waals surface area contributed by atoms with Crippen molar-refractivity contribution in [1.29, 1.82) is 0 Å². The van der Waals surface area contributed by atoms with Gasteiger partial charge in [-0.25, -0.2) is 4.68 Å². The minimum atomic E-state index is 0.809. The summed E-state index contributed by atoms with van der Waals surface area (Å²) < 4.78 is 2.10. The zero-order valence-corrected chi connectivity index (χ0v) is 11.9. The van der Waals surface area contributed by atoms with Gasteiger partial charge < -0.3 is 10.6 Å². The Morgan fingerprint density at radius 3 is 2.83 bits per heavy atom. The van der Waals surface area contributed by atoms with Crippen molar-refractivity contribution in [3.63, 3.8) is 0 Å². The van der Waals surface area contributed by atoms with Crippen LogP contribution in [0.2, 0.25) is 0 Å². The number of aromatic nitrogens is 2. The Kier molecular flexibility index (Phi) is 4.15. The molecule has 1 unspecified atom stereocenters. The minimum Gasteiger partial charge on any atom is -0.394 e. The van der Waals surface area contributed by atoms with Crippen LogP contribution in [0.25, 0.3) is 0 Å². The number of nitrogens with zero attached hydrogens (tertiary/aromatic N) is 3. The monoisotopic (exact) mass is 250 g/mol. The van der Waals surface area contributed by atoms with Gasteiger partial charge in [0.05, 0.1) is 11.4 Å². The van der Waals surface area contributed by atoms with Crippen LogP contribution in [-0.4, -0.2) is 22.9 Å². The SMILES string of the molecule is CCCn1nc(C)c(N)c1N1CCCC(CC)C1. The number of anilines is 2. The van der Waals surface area contributed by atoms with Crippen molar-refractivity contribution in [2.75, 3.05) is 23.7 Å². The van der Waals surface area contributed by atoms with Crippen LogP contribution < -0.4 is 10.6 Å². The van der Waals surface area contributed by atoms with Gasteiger partial charge >= 0.3 is 0 Å². The Morgan fingerprint density at radius 1 is 1.39 bits per heavy atom. The predicted molar refractivity (Wildman–Crippen MR) is 76.9 cm³/mol. The molecular formula is C14H26N4. The Hall–Kier alpha value is -1.19. The normalized spacial score (nSPS) is 20.4. The highest BCUT2D eigenvalue weighted by atomic mass is 15.4. The fraction of sp³-hybridized carbons (Fsp3) is 0.786. The van der Waals surface area contributed by atoms with E-state index in [-0.39, 0.29) is 0 Å². The van der Waals surface area contributed by atoms with Gasteiger partial charge in [-0.1, -0.05) is 20.3 Å². The Bertz CT molecular complexity index is 397. The maximum Gasteiger partial charge on any atom is 0.150 e. The minimum absolute atomic E-state index is 0.809. The molecule has 1 fully saturated rings. The Balaban J connectivity index is 2.25. The molecule has 0 amide bonds. The first kappa shape index (κ1) is 13.2. The Morgan fingerprint density at radius 2 is 2.17 bits per heavy atom. The van der Waals surface area contributed by atoms with Gasteiger partial charge in [-0.15, -0.1) is 0 Å². The summed E-state index contributed by atoms with van der Waals surface area (Å²) in [6.07, 6.45) is 4.98. The molecule has 2 rings (SSSR count). The zero-order chi connectivity index (χ0) is 13.1. The summed E-state index contributed by atoms with van der Waals surface area (Å²) in [7, 11) is 0. The highest BCUT2D eigenvalue weighted by Gasteiger charge is 2.24. The van der Waals surface area contributed by atoms with Crippen molar-refractivity contribution in [1.82, 2.24) is 9.78 Å². The molecule has 0 bridgehead atoms. The van der Waals surface area contributed by atoms with Crippen LogP contribution in [0.15, 0.2) is 0 Å². The predicted octanol–water partition coefficient (Wildman–Crippen LogP) is 2.81. The largest absolute Gasteiger partial charge is 0.394 e.